The quantitative estimate of drug-likeness (QED) is 0.796. The fraction of sp³-hybridized carbons (Fsp3) is 0.231. The predicted molar refractivity (Wildman–Crippen MR) is 63.6 cm³/mol. The smallest absolute Gasteiger partial charge is 0.189 e. The van der Waals surface area contributed by atoms with Crippen molar-refractivity contribution >= 4 is 16.7 Å². The molecule has 2 rings (SSSR count). The number of carbonyl (C=O) groups excluding carboxylic acids is 1. The van der Waals surface area contributed by atoms with Crippen LogP contribution in [0.15, 0.2) is 29.1 Å². The van der Waals surface area contributed by atoms with Gasteiger partial charge in [0.15, 0.2) is 5.43 Å². The maximum Gasteiger partial charge on any atom is 0.189 e. The van der Waals surface area contributed by atoms with Gasteiger partial charge in [-0.2, -0.15) is 0 Å². The molecule has 1 heterocycles. The van der Waals surface area contributed by atoms with E-state index in [-0.39, 0.29) is 23.3 Å². The first-order valence-corrected chi connectivity index (χ1v) is 5.29. The fourth-order valence-electron chi connectivity index (χ4n) is 1.94. The SMILES string of the molecule is CC(=O)Cn1c(C)cc(=O)c2cccc(F)c21. The number of rotatable bonds is 2. The molecule has 0 aliphatic carbocycles. The van der Waals surface area contributed by atoms with E-state index in [0.717, 1.165) is 0 Å². The van der Waals surface area contributed by atoms with Gasteiger partial charge in [0.2, 0.25) is 0 Å². The van der Waals surface area contributed by atoms with Gasteiger partial charge in [0, 0.05) is 17.1 Å². The summed E-state index contributed by atoms with van der Waals surface area (Å²) in [6.07, 6.45) is 0. The molecule has 0 radical (unpaired) electrons. The van der Waals surface area contributed by atoms with Gasteiger partial charge in [-0.1, -0.05) is 6.07 Å². The molecule has 3 nitrogen and oxygen atoms in total. The summed E-state index contributed by atoms with van der Waals surface area (Å²) in [4.78, 5) is 22.9. The van der Waals surface area contributed by atoms with Crippen molar-refractivity contribution in [2.24, 2.45) is 0 Å². The number of halogens is 1. The van der Waals surface area contributed by atoms with Crippen LogP contribution in [0.1, 0.15) is 12.6 Å². The molecule has 2 aromatic rings. The van der Waals surface area contributed by atoms with E-state index >= 15 is 0 Å². The zero-order valence-corrected chi connectivity index (χ0v) is 9.66. The van der Waals surface area contributed by atoms with E-state index in [2.05, 4.69) is 0 Å². The highest BCUT2D eigenvalue weighted by Crippen LogP contribution is 2.16. The molecule has 0 unspecified atom stereocenters. The molecule has 0 bridgehead atoms. The third-order valence-corrected chi connectivity index (χ3v) is 2.67. The minimum atomic E-state index is -0.482. The molecule has 0 aliphatic rings. The Labute approximate surface area is 97.5 Å². The summed E-state index contributed by atoms with van der Waals surface area (Å²) in [7, 11) is 0. The molecule has 88 valence electrons. The Morgan fingerprint density at radius 1 is 1.41 bits per heavy atom. The summed E-state index contributed by atoms with van der Waals surface area (Å²) in [6.45, 7) is 3.20. The van der Waals surface area contributed by atoms with E-state index in [0.29, 0.717) is 11.1 Å². The van der Waals surface area contributed by atoms with Crippen LogP contribution in [0.2, 0.25) is 0 Å². The Balaban J connectivity index is 2.90. The molecule has 0 atom stereocenters. The van der Waals surface area contributed by atoms with Crippen molar-refractivity contribution in [2.45, 2.75) is 20.4 Å². The first-order valence-electron chi connectivity index (χ1n) is 5.29. The number of carbonyl (C=O) groups is 1. The molecule has 0 fully saturated rings. The van der Waals surface area contributed by atoms with Crippen LogP contribution in [-0.2, 0) is 11.3 Å². The van der Waals surface area contributed by atoms with Gasteiger partial charge in [0.25, 0.3) is 0 Å². The van der Waals surface area contributed by atoms with Crippen LogP contribution in [0.5, 0.6) is 0 Å². The second-order valence-electron chi connectivity index (χ2n) is 4.07. The minimum Gasteiger partial charge on any atom is -0.335 e. The van der Waals surface area contributed by atoms with E-state index in [9.17, 15) is 14.0 Å². The van der Waals surface area contributed by atoms with Crippen LogP contribution >= 0.6 is 0 Å². The average Bonchev–Trinajstić information content (AvgIpc) is 2.24. The predicted octanol–water partition coefficient (Wildman–Crippen LogP) is 2.04. The van der Waals surface area contributed by atoms with Gasteiger partial charge in [-0.15, -0.1) is 0 Å². The fourth-order valence-corrected chi connectivity index (χ4v) is 1.94. The van der Waals surface area contributed by atoms with Gasteiger partial charge in [-0.25, -0.2) is 4.39 Å². The van der Waals surface area contributed by atoms with Gasteiger partial charge in [0.05, 0.1) is 12.1 Å². The van der Waals surface area contributed by atoms with Crippen LogP contribution < -0.4 is 5.43 Å². The van der Waals surface area contributed by atoms with Gasteiger partial charge in [-0.3, -0.25) is 9.59 Å². The number of para-hydroxylation sites is 1. The maximum absolute atomic E-state index is 13.8. The van der Waals surface area contributed by atoms with Crippen LogP contribution in [-0.4, -0.2) is 10.4 Å². The van der Waals surface area contributed by atoms with E-state index in [1.54, 1.807) is 13.0 Å². The number of fused-ring (bicyclic) bond motifs is 1. The highest BCUT2D eigenvalue weighted by Gasteiger charge is 2.11. The number of benzene rings is 1. The summed E-state index contributed by atoms with van der Waals surface area (Å²) in [5.41, 5.74) is 0.562. The molecule has 0 saturated carbocycles. The summed E-state index contributed by atoms with van der Waals surface area (Å²) >= 11 is 0. The lowest BCUT2D eigenvalue weighted by molar-refractivity contribution is -0.117. The molecule has 17 heavy (non-hydrogen) atoms. The lowest BCUT2D eigenvalue weighted by Gasteiger charge is -2.13. The summed E-state index contributed by atoms with van der Waals surface area (Å²) < 4.78 is 15.3. The Bertz CT molecular complexity index is 658. The Morgan fingerprint density at radius 2 is 2.12 bits per heavy atom. The normalized spacial score (nSPS) is 10.8. The van der Waals surface area contributed by atoms with Crippen molar-refractivity contribution in [3.8, 4) is 0 Å². The monoisotopic (exact) mass is 233 g/mol. The molecule has 0 spiro atoms. The van der Waals surface area contributed by atoms with Gasteiger partial charge in [0.1, 0.15) is 11.6 Å². The standard InChI is InChI=1S/C13H12FNO2/c1-8-6-12(17)10-4-3-5-11(14)13(10)15(8)7-9(2)16/h3-6H,7H2,1-2H3. The second kappa shape index (κ2) is 4.13. The van der Waals surface area contributed by atoms with E-state index in [1.165, 1.54) is 29.7 Å². The largest absolute Gasteiger partial charge is 0.335 e. The van der Waals surface area contributed by atoms with E-state index in [4.69, 9.17) is 0 Å². The summed E-state index contributed by atoms with van der Waals surface area (Å²) in [6, 6.07) is 5.77. The number of ketones is 1. The Morgan fingerprint density at radius 3 is 2.76 bits per heavy atom. The molecule has 0 saturated heterocycles. The van der Waals surface area contributed by atoms with Crippen molar-refractivity contribution < 1.29 is 9.18 Å². The van der Waals surface area contributed by atoms with Crippen molar-refractivity contribution in [3.63, 3.8) is 0 Å². The third kappa shape index (κ3) is 1.98. The van der Waals surface area contributed by atoms with Crippen LogP contribution in [0, 0.1) is 12.7 Å². The molecule has 1 aromatic heterocycles. The number of aryl methyl sites for hydroxylation is 1. The van der Waals surface area contributed by atoms with Crippen molar-refractivity contribution in [3.05, 3.63) is 46.0 Å². The number of pyridine rings is 1. The first-order chi connectivity index (χ1) is 8.00. The van der Waals surface area contributed by atoms with Crippen molar-refractivity contribution in [2.75, 3.05) is 0 Å². The zero-order valence-electron chi connectivity index (χ0n) is 9.66. The molecule has 4 heteroatoms. The lowest BCUT2D eigenvalue weighted by atomic mass is 10.1. The molecule has 0 aliphatic heterocycles. The highest BCUT2D eigenvalue weighted by atomic mass is 19.1. The molecule has 0 N–H and O–H groups in total. The molecule has 1 aromatic carbocycles. The number of hydrogen-bond acceptors (Lipinski definition) is 2. The number of nitrogens with zero attached hydrogens (tertiary/aromatic N) is 1. The Kier molecular flexibility index (Phi) is 2.79. The first kappa shape index (κ1) is 11.5. The zero-order chi connectivity index (χ0) is 12.6. The topological polar surface area (TPSA) is 39.1 Å². The lowest BCUT2D eigenvalue weighted by Crippen LogP contribution is -2.16. The Hall–Kier alpha value is -1.97. The van der Waals surface area contributed by atoms with E-state index in [1.807, 2.05) is 0 Å². The number of Topliss-reactive ketones (excluding diaryl/α,β-unsaturated/α-hetero) is 1. The van der Waals surface area contributed by atoms with E-state index < -0.39 is 5.82 Å². The summed E-state index contributed by atoms with van der Waals surface area (Å²) in [5, 5.41) is 0.303. The van der Waals surface area contributed by atoms with Gasteiger partial charge in [-0.05, 0) is 26.0 Å². The maximum atomic E-state index is 13.8. The summed E-state index contributed by atoms with van der Waals surface area (Å²) in [5.74, 6) is -0.564. The average molecular weight is 233 g/mol. The van der Waals surface area contributed by atoms with Gasteiger partial charge < -0.3 is 4.57 Å². The molecule has 0 amide bonds. The van der Waals surface area contributed by atoms with Crippen molar-refractivity contribution in [1.82, 2.24) is 4.57 Å². The van der Waals surface area contributed by atoms with Gasteiger partial charge >= 0.3 is 0 Å². The third-order valence-electron chi connectivity index (χ3n) is 2.67. The van der Waals surface area contributed by atoms with Crippen molar-refractivity contribution in [1.29, 1.82) is 0 Å². The number of aromatic nitrogens is 1. The molecular weight excluding hydrogens is 221 g/mol. The highest BCUT2D eigenvalue weighted by molar-refractivity contribution is 5.83. The van der Waals surface area contributed by atoms with Crippen LogP contribution in [0.25, 0.3) is 10.9 Å². The van der Waals surface area contributed by atoms with Crippen LogP contribution in [0.3, 0.4) is 0 Å². The van der Waals surface area contributed by atoms with Crippen LogP contribution in [0.4, 0.5) is 4.39 Å². The minimum absolute atomic E-state index is 0.0730. The molecular formula is C13H12FNO2. The number of hydrogen-bond donors (Lipinski definition) is 0. The second-order valence-corrected chi connectivity index (χ2v) is 4.07.